The third kappa shape index (κ3) is 1.29. The number of nitrogens with one attached hydrogen (secondary N) is 1. The third-order valence-electron chi connectivity index (χ3n) is 2.64. The first-order valence-electron chi connectivity index (χ1n) is 4.71. The van der Waals surface area contributed by atoms with Crippen LogP contribution in [0.1, 0.15) is 22.8 Å². The second-order valence-electron chi connectivity index (χ2n) is 3.70. The van der Waals surface area contributed by atoms with Gasteiger partial charge in [-0.25, -0.2) is 4.79 Å². The van der Waals surface area contributed by atoms with E-state index in [1.54, 1.807) is 7.05 Å². The number of ketones is 1. The predicted octanol–water partition coefficient (Wildman–Crippen LogP) is 1.38. The largest absolute Gasteiger partial charge is 0.326 e. The maximum Gasteiger partial charge on any atom is 0.326 e. The lowest BCUT2D eigenvalue weighted by atomic mass is 10.0. The Hall–Kier alpha value is -1.84. The molecule has 0 bridgehead atoms. The van der Waals surface area contributed by atoms with Gasteiger partial charge in [-0.05, 0) is 25.5 Å². The molecule has 0 aliphatic carbocycles. The van der Waals surface area contributed by atoms with Crippen LogP contribution in [0.15, 0.2) is 16.9 Å². The molecular weight excluding hydrogens is 192 g/mol. The number of carbonyl (C=O) groups is 1. The Morgan fingerprint density at radius 2 is 2.07 bits per heavy atom. The molecule has 1 aromatic carbocycles. The Kier molecular flexibility index (Phi) is 2.00. The Balaban J connectivity index is 3.00. The number of hydrogen-bond acceptors (Lipinski definition) is 2. The summed E-state index contributed by atoms with van der Waals surface area (Å²) in [5.41, 5.74) is 2.69. The number of H-pyrrole nitrogens is 1. The van der Waals surface area contributed by atoms with E-state index in [9.17, 15) is 9.59 Å². The molecule has 0 aliphatic heterocycles. The van der Waals surface area contributed by atoms with E-state index in [1.807, 2.05) is 19.1 Å². The fourth-order valence-corrected chi connectivity index (χ4v) is 1.86. The van der Waals surface area contributed by atoms with Crippen molar-refractivity contribution in [3.05, 3.63) is 33.7 Å². The lowest BCUT2D eigenvalue weighted by Crippen LogP contribution is -2.11. The third-order valence-corrected chi connectivity index (χ3v) is 2.64. The standard InChI is InChI=1S/C11H12N2O2/c1-6-4-5-8-10(9(6)7(2)14)12-11(15)13(8)3/h4-5H,1-3H3,(H,12,15). The quantitative estimate of drug-likeness (QED) is 0.713. The van der Waals surface area contributed by atoms with Gasteiger partial charge in [-0.1, -0.05) is 6.07 Å². The van der Waals surface area contributed by atoms with Gasteiger partial charge in [0.05, 0.1) is 11.0 Å². The van der Waals surface area contributed by atoms with Gasteiger partial charge in [-0.2, -0.15) is 0 Å². The molecule has 2 aromatic rings. The Labute approximate surface area is 86.5 Å². The molecule has 0 amide bonds. The summed E-state index contributed by atoms with van der Waals surface area (Å²) >= 11 is 0. The van der Waals surface area contributed by atoms with Crippen LogP contribution in [0.4, 0.5) is 0 Å². The average molecular weight is 204 g/mol. The summed E-state index contributed by atoms with van der Waals surface area (Å²) in [5.74, 6) is -0.0278. The zero-order valence-corrected chi connectivity index (χ0v) is 8.92. The Morgan fingerprint density at radius 3 is 2.67 bits per heavy atom. The number of Topliss-reactive ketones (excluding diaryl/α,β-unsaturated/α-hetero) is 1. The van der Waals surface area contributed by atoms with Gasteiger partial charge >= 0.3 is 5.69 Å². The summed E-state index contributed by atoms with van der Waals surface area (Å²) < 4.78 is 1.50. The molecule has 1 N–H and O–H groups in total. The maximum atomic E-state index is 11.5. The molecule has 78 valence electrons. The predicted molar refractivity (Wildman–Crippen MR) is 58.3 cm³/mol. The summed E-state index contributed by atoms with van der Waals surface area (Å²) in [5, 5.41) is 0. The van der Waals surface area contributed by atoms with E-state index in [4.69, 9.17) is 0 Å². The van der Waals surface area contributed by atoms with Crippen LogP contribution in [0.25, 0.3) is 11.0 Å². The van der Waals surface area contributed by atoms with E-state index in [2.05, 4.69) is 4.98 Å². The van der Waals surface area contributed by atoms with Crippen LogP contribution in [0.2, 0.25) is 0 Å². The molecule has 0 saturated heterocycles. The molecule has 2 rings (SSSR count). The van der Waals surface area contributed by atoms with Gasteiger partial charge in [0.25, 0.3) is 0 Å². The Morgan fingerprint density at radius 1 is 1.40 bits per heavy atom. The maximum absolute atomic E-state index is 11.5. The highest BCUT2D eigenvalue weighted by atomic mass is 16.1. The fraction of sp³-hybridized carbons (Fsp3) is 0.273. The van der Waals surface area contributed by atoms with Crippen molar-refractivity contribution in [3.63, 3.8) is 0 Å². The number of aromatic nitrogens is 2. The van der Waals surface area contributed by atoms with Crippen LogP contribution in [0.3, 0.4) is 0 Å². The number of aryl methyl sites for hydroxylation is 2. The molecule has 4 nitrogen and oxygen atoms in total. The highest BCUT2D eigenvalue weighted by Crippen LogP contribution is 2.19. The zero-order chi connectivity index (χ0) is 11.2. The van der Waals surface area contributed by atoms with Crippen LogP contribution in [-0.4, -0.2) is 15.3 Å². The minimum Gasteiger partial charge on any atom is -0.305 e. The number of benzene rings is 1. The molecule has 0 fully saturated rings. The molecule has 0 spiro atoms. The minimum atomic E-state index is -0.196. The van der Waals surface area contributed by atoms with E-state index in [1.165, 1.54) is 11.5 Å². The normalized spacial score (nSPS) is 10.9. The summed E-state index contributed by atoms with van der Waals surface area (Å²) in [6.07, 6.45) is 0. The Bertz CT molecular complexity index is 605. The van der Waals surface area contributed by atoms with Crippen molar-refractivity contribution in [1.82, 2.24) is 9.55 Å². The highest BCUT2D eigenvalue weighted by molar-refractivity contribution is 6.06. The molecular formula is C11H12N2O2. The summed E-state index contributed by atoms with van der Waals surface area (Å²) in [6.45, 7) is 3.37. The lowest BCUT2D eigenvalue weighted by molar-refractivity contribution is 0.101. The first-order chi connectivity index (χ1) is 7.02. The van der Waals surface area contributed by atoms with Crippen molar-refractivity contribution < 1.29 is 4.79 Å². The average Bonchev–Trinajstić information content (AvgIpc) is 2.42. The second-order valence-corrected chi connectivity index (χ2v) is 3.70. The van der Waals surface area contributed by atoms with Gasteiger partial charge in [-0.3, -0.25) is 9.36 Å². The number of carbonyl (C=O) groups excluding carboxylic acids is 1. The van der Waals surface area contributed by atoms with Crippen molar-refractivity contribution in [1.29, 1.82) is 0 Å². The van der Waals surface area contributed by atoms with Crippen LogP contribution < -0.4 is 5.69 Å². The summed E-state index contributed by atoms with van der Waals surface area (Å²) in [7, 11) is 1.68. The van der Waals surface area contributed by atoms with Gasteiger partial charge in [0.2, 0.25) is 0 Å². The molecule has 0 atom stereocenters. The second kappa shape index (κ2) is 3.08. The molecule has 1 aromatic heterocycles. The van der Waals surface area contributed by atoms with Crippen molar-refractivity contribution in [2.24, 2.45) is 7.05 Å². The number of imidazole rings is 1. The molecule has 0 radical (unpaired) electrons. The molecule has 0 saturated carbocycles. The first kappa shape index (κ1) is 9.71. The van der Waals surface area contributed by atoms with Gasteiger partial charge in [0.1, 0.15) is 0 Å². The van der Waals surface area contributed by atoms with Crippen molar-refractivity contribution in [2.45, 2.75) is 13.8 Å². The van der Waals surface area contributed by atoms with Gasteiger partial charge < -0.3 is 4.98 Å². The monoisotopic (exact) mass is 204 g/mol. The number of rotatable bonds is 1. The minimum absolute atomic E-state index is 0.0278. The van der Waals surface area contributed by atoms with Crippen LogP contribution >= 0.6 is 0 Å². The molecule has 1 heterocycles. The van der Waals surface area contributed by atoms with E-state index in [0.717, 1.165) is 11.1 Å². The summed E-state index contributed by atoms with van der Waals surface area (Å²) in [4.78, 5) is 25.6. The van der Waals surface area contributed by atoms with E-state index < -0.39 is 0 Å². The molecule has 0 aliphatic rings. The van der Waals surface area contributed by atoms with Crippen molar-refractivity contribution >= 4 is 16.8 Å². The van der Waals surface area contributed by atoms with E-state index in [-0.39, 0.29) is 11.5 Å². The summed E-state index contributed by atoms with van der Waals surface area (Å²) in [6, 6.07) is 3.70. The van der Waals surface area contributed by atoms with Gasteiger partial charge in [0, 0.05) is 12.6 Å². The molecule has 15 heavy (non-hydrogen) atoms. The first-order valence-corrected chi connectivity index (χ1v) is 4.71. The number of aromatic amines is 1. The molecule has 0 unspecified atom stereocenters. The van der Waals surface area contributed by atoms with Crippen LogP contribution in [0.5, 0.6) is 0 Å². The number of hydrogen-bond donors (Lipinski definition) is 1. The van der Waals surface area contributed by atoms with E-state index >= 15 is 0 Å². The van der Waals surface area contributed by atoms with Gasteiger partial charge in [0.15, 0.2) is 5.78 Å². The van der Waals surface area contributed by atoms with Crippen LogP contribution in [0, 0.1) is 6.92 Å². The van der Waals surface area contributed by atoms with Gasteiger partial charge in [-0.15, -0.1) is 0 Å². The van der Waals surface area contributed by atoms with E-state index in [0.29, 0.717) is 11.1 Å². The SMILES string of the molecule is CC(=O)c1c(C)ccc2c1[nH]c(=O)n2C. The lowest BCUT2D eigenvalue weighted by Gasteiger charge is -2.03. The molecule has 4 heteroatoms. The zero-order valence-electron chi connectivity index (χ0n) is 8.92. The smallest absolute Gasteiger partial charge is 0.305 e. The fourth-order valence-electron chi connectivity index (χ4n) is 1.86. The van der Waals surface area contributed by atoms with Crippen molar-refractivity contribution in [2.75, 3.05) is 0 Å². The highest BCUT2D eigenvalue weighted by Gasteiger charge is 2.13. The number of fused-ring (bicyclic) bond motifs is 1. The topological polar surface area (TPSA) is 54.9 Å². The van der Waals surface area contributed by atoms with Crippen molar-refractivity contribution in [3.8, 4) is 0 Å². The van der Waals surface area contributed by atoms with Crippen LogP contribution in [-0.2, 0) is 7.05 Å². The number of nitrogens with zero attached hydrogens (tertiary/aromatic N) is 1.